The topological polar surface area (TPSA) is 35.5 Å². The summed E-state index contributed by atoms with van der Waals surface area (Å²) in [7, 11) is 0.336. The molecule has 4 heteroatoms. The van der Waals surface area contributed by atoms with E-state index in [1.165, 1.54) is 34.6 Å². The van der Waals surface area contributed by atoms with Crippen LogP contribution in [0.3, 0.4) is 0 Å². The highest BCUT2D eigenvalue weighted by atomic mass is 32.2. The first-order chi connectivity index (χ1) is 11.3. The molecule has 2 aromatic rings. The number of hydrogen-bond acceptors (Lipinski definition) is 3. The van der Waals surface area contributed by atoms with Crippen LogP contribution in [0.5, 0.6) is 5.75 Å². The third kappa shape index (κ3) is 3.81. The molecular weight excluding hydrogens is 308 g/mol. The summed E-state index contributed by atoms with van der Waals surface area (Å²) in [5, 5.41) is 2.20. The molecule has 0 unspecified atom stereocenters. The van der Waals surface area contributed by atoms with Gasteiger partial charge in [-0.2, -0.15) is 0 Å². The van der Waals surface area contributed by atoms with E-state index < -0.39 is 6.16 Å². The second-order valence-corrected chi connectivity index (χ2v) is 8.01. The van der Waals surface area contributed by atoms with Gasteiger partial charge in [0.1, 0.15) is 17.3 Å². The Bertz CT molecular complexity index is 677. The summed E-state index contributed by atoms with van der Waals surface area (Å²) in [6.45, 7) is 2.47. The van der Waals surface area contributed by atoms with Crippen LogP contribution in [-0.4, -0.2) is 24.3 Å². The molecule has 0 saturated carbocycles. The second-order valence-electron chi connectivity index (χ2n) is 5.77. The Morgan fingerprint density at radius 3 is 2.57 bits per heavy atom. The molecule has 122 valence electrons. The smallest absolute Gasteiger partial charge is 0.434 e. The van der Waals surface area contributed by atoms with Crippen LogP contribution < -0.4 is 4.74 Å². The predicted molar refractivity (Wildman–Crippen MR) is 95.4 cm³/mol. The van der Waals surface area contributed by atoms with Gasteiger partial charge in [-0.1, -0.05) is 31.5 Å². The van der Waals surface area contributed by atoms with Gasteiger partial charge in [0.05, 0.1) is 6.61 Å². The molecule has 2 aromatic carbocycles. The van der Waals surface area contributed by atoms with E-state index in [1.54, 1.807) is 0 Å². The van der Waals surface area contributed by atoms with E-state index in [9.17, 15) is 4.79 Å². The predicted octanol–water partition coefficient (Wildman–Crippen LogP) is 4.93. The summed E-state index contributed by atoms with van der Waals surface area (Å²) in [5.41, 5.74) is 0. The van der Waals surface area contributed by atoms with Crippen molar-refractivity contribution in [2.24, 2.45) is 0 Å². The molecule has 3 rings (SSSR count). The lowest BCUT2D eigenvalue weighted by Gasteiger charge is -2.10. The van der Waals surface area contributed by atoms with Gasteiger partial charge < -0.3 is 9.47 Å². The first-order valence-corrected chi connectivity index (χ1v) is 9.89. The summed E-state index contributed by atoms with van der Waals surface area (Å²) in [6.07, 6.45) is 3.88. The fourth-order valence-corrected chi connectivity index (χ4v) is 5.38. The highest BCUT2D eigenvalue weighted by Gasteiger charge is 2.29. The Morgan fingerprint density at radius 1 is 1.09 bits per heavy atom. The van der Waals surface area contributed by atoms with Crippen molar-refractivity contribution in [2.75, 3.05) is 18.1 Å². The van der Waals surface area contributed by atoms with Crippen molar-refractivity contribution in [2.45, 2.75) is 37.5 Å². The maximum absolute atomic E-state index is 11.8. The number of unbranched alkanes of at least 4 members (excludes halogenated alkanes) is 1. The zero-order chi connectivity index (χ0) is 16.1. The Kier molecular flexibility index (Phi) is 5.44. The van der Waals surface area contributed by atoms with E-state index >= 15 is 0 Å². The minimum atomic E-state index is -0.611. The molecule has 23 heavy (non-hydrogen) atoms. The number of carbonyl (C=O) groups is 1. The molecule has 1 heterocycles. The van der Waals surface area contributed by atoms with Crippen LogP contribution in [-0.2, 0) is 15.6 Å². The maximum Gasteiger partial charge on any atom is 0.513 e. The molecule has 1 fully saturated rings. The molecule has 0 spiro atoms. The highest BCUT2D eigenvalue weighted by Crippen LogP contribution is 2.34. The average Bonchev–Trinajstić information content (AvgIpc) is 3.10. The molecular formula is C19H23O3S+. The minimum absolute atomic E-state index is 0.336. The average molecular weight is 331 g/mol. The van der Waals surface area contributed by atoms with Gasteiger partial charge in [-0.05, 0) is 37.5 Å². The van der Waals surface area contributed by atoms with Gasteiger partial charge in [-0.15, -0.1) is 0 Å². The van der Waals surface area contributed by atoms with Crippen LogP contribution in [0.15, 0.2) is 41.3 Å². The number of fused-ring (bicyclic) bond motifs is 1. The van der Waals surface area contributed by atoms with Crippen LogP contribution in [0.25, 0.3) is 10.8 Å². The molecule has 0 N–H and O–H groups in total. The lowest BCUT2D eigenvalue weighted by molar-refractivity contribution is 0.0983. The Labute approximate surface area is 140 Å². The lowest BCUT2D eigenvalue weighted by Crippen LogP contribution is -2.12. The summed E-state index contributed by atoms with van der Waals surface area (Å²) < 4.78 is 10.5. The van der Waals surface area contributed by atoms with Gasteiger partial charge in [-0.25, -0.2) is 4.79 Å². The molecule has 1 saturated heterocycles. The largest absolute Gasteiger partial charge is 0.513 e. The van der Waals surface area contributed by atoms with Gasteiger partial charge in [-0.3, -0.25) is 0 Å². The lowest BCUT2D eigenvalue weighted by atomic mass is 10.1. The zero-order valence-electron chi connectivity index (χ0n) is 13.5. The normalized spacial score (nSPS) is 15.0. The molecule has 0 aromatic heterocycles. The highest BCUT2D eigenvalue weighted by molar-refractivity contribution is 7.97. The van der Waals surface area contributed by atoms with E-state index in [0.29, 0.717) is 23.3 Å². The first kappa shape index (κ1) is 16.2. The van der Waals surface area contributed by atoms with Crippen LogP contribution in [0.4, 0.5) is 4.79 Å². The molecule has 3 nitrogen and oxygen atoms in total. The van der Waals surface area contributed by atoms with E-state index in [0.717, 1.165) is 18.2 Å². The molecule has 0 atom stereocenters. The van der Waals surface area contributed by atoms with Crippen LogP contribution in [0.2, 0.25) is 0 Å². The molecule has 1 aliphatic rings. The number of hydrogen-bond donors (Lipinski definition) is 0. The van der Waals surface area contributed by atoms with Gasteiger partial charge in [0.25, 0.3) is 0 Å². The SMILES string of the molecule is CCCCOC(=O)Oc1ccc([S+]2CCCC2)c2ccccc12. The standard InChI is InChI=1S/C19H23O3S/c1-2-3-12-21-19(20)22-17-10-11-18(23-13-6-7-14-23)16-9-5-4-8-15(16)17/h4-5,8-11H,2-3,6-7,12-14H2,1H3/q+1. The van der Waals surface area contributed by atoms with E-state index in [-0.39, 0.29) is 0 Å². The Hall–Kier alpha value is -1.68. The number of carbonyl (C=O) groups excluding carboxylic acids is 1. The first-order valence-electron chi connectivity index (χ1n) is 8.33. The van der Waals surface area contributed by atoms with Crippen molar-refractivity contribution in [3.05, 3.63) is 36.4 Å². The monoisotopic (exact) mass is 331 g/mol. The van der Waals surface area contributed by atoms with Gasteiger partial charge in [0.15, 0.2) is 4.90 Å². The molecule has 0 aliphatic carbocycles. The van der Waals surface area contributed by atoms with E-state index in [2.05, 4.69) is 25.1 Å². The fourth-order valence-electron chi connectivity index (χ4n) is 2.88. The number of rotatable bonds is 5. The summed E-state index contributed by atoms with van der Waals surface area (Å²) in [5.74, 6) is 3.15. The van der Waals surface area contributed by atoms with E-state index in [4.69, 9.17) is 9.47 Å². The third-order valence-electron chi connectivity index (χ3n) is 4.10. The van der Waals surface area contributed by atoms with Crippen LogP contribution in [0, 0.1) is 0 Å². The minimum Gasteiger partial charge on any atom is -0.434 e. The molecule has 1 aliphatic heterocycles. The van der Waals surface area contributed by atoms with Crippen molar-refractivity contribution in [1.29, 1.82) is 0 Å². The van der Waals surface area contributed by atoms with E-state index in [1.807, 2.05) is 18.2 Å². The number of ether oxygens (including phenoxy) is 2. The van der Waals surface area contributed by atoms with Crippen molar-refractivity contribution in [1.82, 2.24) is 0 Å². The van der Waals surface area contributed by atoms with Crippen molar-refractivity contribution in [3.8, 4) is 5.75 Å². The molecule has 0 bridgehead atoms. The Balaban J connectivity index is 1.84. The molecule has 0 amide bonds. The maximum atomic E-state index is 11.8. The van der Waals surface area contributed by atoms with Gasteiger partial charge in [0, 0.05) is 21.7 Å². The summed E-state index contributed by atoms with van der Waals surface area (Å²) in [4.78, 5) is 13.2. The van der Waals surface area contributed by atoms with Crippen LogP contribution in [0.1, 0.15) is 32.6 Å². The zero-order valence-corrected chi connectivity index (χ0v) is 14.4. The van der Waals surface area contributed by atoms with Crippen molar-refractivity contribution in [3.63, 3.8) is 0 Å². The van der Waals surface area contributed by atoms with Gasteiger partial charge >= 0.3 is 6.16 Å². The molecule has 0 radical (unpaired) electrons. The third-order valence-corrected chi connectivity index (χ3v) is 6.64. The summed E-state index contributed by atoms with van der Waals surface area (Å²) >= 11 is 0. The van der Waals surface area contributed by atoms with Crippen LogP contribution >= 0.6 is 0 Å². The Morgan fingerprint density at radius 2 is 1.83 bits per heavy atom. The fraction of sp³-hybridized carbons (Fsp3) is 0.421. The number of benzene rings is 2. The van der Waals surface area contributed by atoms with Gasteiger partial charge in [0.2, 0.25) is 0 Å². The quantitative estimate of drug-likeness (QED) is 0.337. The second kappa shape index (κ2) is 7.73. The van der Waals surface area contributed by atoms with Crippen molar-refractivity contribution >= 4 is 27.8 Å². The summed E-state index contributed by atoms with van der Waals surface area (Å²) in [6, 6.07) is 12.2. The van der Waals surface area contributed by atoms with Crippen molar-refractivity contribution < 1.29 is 14.3 Å².